The standard InChI is InChI=1S/C34H22ClN3/c35-34-37-32(36-33(38-34)30-17-9-16-29-28-15-8-7-14-24(28)21-31(29)30)27-19-25(22-10-3-1-4-11-22)18-26(20-27)23-12-5-2-6-13-23/h1-20H,21H2. The second-order valence-corrected chi connectivity index (χ2v) is 9.79. The first-order valence-corrected chi connectivity index (χ1v) is 13.0. The summed E-state index contributed by atoms with van der Waals surface area (Å²) in [6.45, 7) is 0. The maximum Gasteiger partial charge on any atom is 0.226 e. The molecular weight excluding hydrogens is 486 g/mol. The molecule has 1 aliphatic rings. The van der Waals surface area contributed by atoms with E-state index in [2.05, 4.69) is 119 Å². The molecule has 0 saturated carbocycles. The predicted octanol–water partition coefficient (Wildman–Crippen LogP) is 8.76. The second-order valence-electron chi connectivity index (χ2n) is 9.45. The van der Waals surface area contributed by atoms with E-state index in [1.54, 1.807) is 0 Å². The van der Waals surface area contributed by atoms with Crippen molar-refractivity contribution in [2.24, 2.45) is 0 Å². The van der Waals surface area contributed by atoms with Gasteiger partial charge in [0, 0.05) is 11.1 Å². The van der Waals surface area contributed by atoms with Crippen molar-refractivity contribution in [1.82, 2.24) is 15.0 Å². The normalized spacial score (nSPS) is 11.7. The van der Waals surface area contributed by atoms with Crippen LogP contribution in [0.1, 0.15) is 11.1 Å². The van der Waals surface area contributed by atoms with E-state index < -0.39 is 0 Å². The molecule has 1 aromatic heterocycles. The second kappa shape index (κ2) is 9.37. The SMILES string of the molecule is Clc1nc(-c2cc(-c3ccccc3)cc(-c3ccccc3)c2)nc(-c2cccc3c2Cc2ccccc2-3)n1. The van der Waals surface area contributed by atoms with Crippen molar-refractivity contribution in [2.75, 3.05) is 0 Å². The molecule has 0 fully saturated rings. The number of hydrogen-bond donors (Lipinski definition) is 0. The molecule has 3 nitrogen and oxygen atoms in total. The van der Waals surface area contributed by atoms with Crippen molar-refractivity contribution in [2.45, 2.75) is 6.42 Å². The average molecular weight is 508 g/mol. The molecule has 6 aromatic rings. The minimum absolute atomic E-state index is 0.185. The lowest BCUT2D eigenvalue weighted by atomic mass is 9.96. The van der Waals surface area contributed by atoms with E-state index in [-0.39, 0.29) is 5.28 Å². The van der Waals surface area contributed by atoms with Crippen LogP contribution in [0.3, 0.4) is 0 Å². The van der Waals surface area contributed by atoms with Crippen molar-refractivity contribution < 1.29 is 0 Å². The number of fused-ring (bicyclic) bond motifs is 3. The lowest BCUT2D eigenvalue weighted by Crippen LogP contribution is -2.00. The highest BCUT2D eigenvalue weighted by Gasteiger charge is 2.23. The van der Waals surface area contributed by atoms with Gasteiger partial charge in [-0.2, -0.15) is 9.97 Å². The topological polar surface area (TPSA) is 38.7 Å². The molecule has 0 amide bonds. The Hall–Kier alpha value is -4.60. The minimum atomic E-state index is 0.185. The molecule has 4 heteroatoms. The fourth-order valence-corrected chi connectivity index (χ4v) is 5.48. The number of aromatic nitrogens is 3. The van der Waals surface area contributed by atoms with Gasteiger partial charge in [-0.15, -0.1) is 0 Å². The molecule has 7 rings (SSSR count). The van der Waals surface area contributed by atoms with Gasteiger partial charge in [-0.3, -0.25) is 0 Å². The van der Waals surface area contributed by atoms with E-state index in [9.17, 15) is 0 Å². The molecule has 0 bridgehead atoms. The Morgan fingerprint density at radius 3 is 1.71 bits per heavy atom. The Morgan fingerprint density at radius 2 is 1.00 bits per heavy atom. The van der Waals surface area contributed by atoms with Crippen LogP contribution in [0, 0.1) is 0 Å². The number of halogens is 1. The van der Waals surface area contributed by atoms with Crippen molar-refractivity contribution in [3.8, 4) is 56.2 Å². The van der Waals surface area contributed by atoms with E-state index in [0.29, 0.717) is 11.6 Å². The van der Waals surface area contributed by atoms with E-state index in [1.807, 2.05) is 12.1 Å². The fourth-order valence-electron chi connectivity index (χ4n) is 5.32. The van der Waals surface area contributed by atoms with Gasteiger partial charge in [0.05, 0.1) is 0 Å². The van der Waals surface area contributed by atoms with E-state index in [4.69, 9.17) is 16.6 Å². The third-order valence-corrected chi connectivity index (χ3v) is 7.27. The summed E-state index contributed by atoms with van der Waals surface area (Å²) in [5, 5.41) is 0.185. The number of nitrogens with zero attached hydrogens (tertiary/aromatic N) is 3. The Kier molecular flexibility index (Phi) is 5.57. The molecule has 180 valence electrons. The highest BCUT2D eigenvalue weighted by Crippen LogP contribution is 2.41. The maximum atomic E-state index is 6.54. The zero-order chi connectivity index (χ0) is 25.5. The van der Waals surface area contributed by atoms with Crippen molar-refractivity contribution in [3.05, 3.63) is 138 Å². The van der Waals surface area contributed by atoms with Gasteiger partial charge in [-0.05, 0) is 80.7 Å². The monoisotopic (exact) mass is 507 g/mol. The quantitative estimate of drug-likeness (QED) is 0.239. The zero-order valence-electron chi connectivity index (χ0n) is 20.5. The van der Waals surface area contributed by atoms with E-state index in [1.165, 1.54) is 22.3 Å². The van der Waals surface area contributed by atoms with Crippen LogP contribution in [0.4, 0.5) is 0 Å². The van der Waals surface area contributed by atoms with Crippen molar-refractivity contribution in [3.63, 3.8) is 0 Å². The van der Waals surface area contributed by atoms with Gasteiger partial charge >= 0.3 is 0 Å². The molecule has 1 heterocycles. The molecular formula is C34H22ClN3. The van der Waals surface area contributed by atoms with Gasteiger partial charge in [0.2, 0.25) is 5.28 Å². The van der Waals surface area contributed by atoms with E-state index in [0.717, 1.165) is 39.8 Å². The lowest BCUT2D eigenvalue weighted by Gasteiger charge is -2.12. The molecule has 0 atom stereocenters. The first-order valence-electron chi connectivity index (χ1n) is 12.6. The van der Waals surface area contributed by atoms with Crippen LogP contribution in [0.2, 0.25) is 5.28 Å². The van der Waals surface area contributed by atoms with Gasteiger partial charge < -0.3 is 0 Å². The highest BCUT2D eigenvalue weighted by atomic mass is 35.5. The molecule has 0 N–H and O–H groups in total. The van der Waals surface area contributed by atoms with Crippen LogP contribution in [-0.2, 0) is 6.42 Å². The van der Waals surface area contributed by atoms with Gasteiger partial charge in [-0.25, -0.2) is 4.98 Å². The largest absolute Gasteiger partial charge is 0.226 e. The third-order valence-electron chi connectivity index (χ3n) is 7.11. The molecule has 0 saturated heterocycles. The van der Waals surface area contributed by atoms with Crippen molar-refractivity contribution in [1.29, 1.82) is 0 Å². The van der Waals surface area contributed by atoms with Crippen LogP contribution in [-0.4, -0.2) is 15.0 Å². The summed E-state index contributed by atoms with van der Waals surface area (Å²) >= 11 is 6.54. The zero-order valence-corrected chi connectivity index (χ0v) is 21.2. The molecule has 0 spiro atoms. The van der Waals surface area contributed by atoms with Gasteiger partial charge in [0.15, 0.2) is 11.6 Å². The highest BCUT2D eigenvalue weighted by molar-refractivity contribution is 6.28. The fraction of sp³-hybridized carbons (Fsp3) is 0.0294. The molecule has 1 aliphatic carbocycles. The first kappa shape index (κ1) is 22.6. The van der Waals surface area contributed by atoms with Gasteiger partial charge in [-0.1, -0.05) is 103 Å². The molecule has 0 aliphatic heterocycles. The third kappa shape index (κ3) is 4.07. The Labute approximate surface area is 226 Å². The smallest absolute Gasteiger partial charge is 0.208 e. The van der Waals surface area contributed by atoms with Crippen molar-refractivity contribution >= 4 is 11.6 Å². The molecule has 0 radical (unpaired) electrons. The van der Waals surface area contributed by atoms with Crippen LogP contribution in [0.25, 0.3) is 56.2 Å². The average Bonchev–Trinajstić information content (AvgIpc) is 3.36. The first-order chi connectivity index (χ1) is 18.7. The summed E-state index contributed by atoms with van der Waals surface area (Å²) in [7, 11) is 0. The van der Waals surface area contributed by atoms with Crippen LogP contribution < -0.4 is 0 Å². The van der Waals surface area contributed by atoms with Crippen LogP contribution in [0.5, 0.6) is 0 Å². The van der Waals surface area contributed by atoms with Gasteiger partial charge in [0.1, 0.15) is 0 Å². The minimum Gasteiger partial charge on any atom is -0.208 e. The Balaban J connectivity index is 1.39. The Morgan fingerprint density at radius 1 is 0.447 bits per heavy atom. The summed E-state index contributed by atoms with van der Waals surface area (Å²) in [6, 6.07) is 42.0. The summed E-state index contributed by atoms with van der Waals surface area (Å²) in [6.07, 6.45) is 0.849. The maximum absolute atomic E-state index is 6.54. The predicted molar refractivity (Wildman–Crippen MR) is 155 cm³/mol. The summed E-state index contributed by atoms with van der Waals surface area (Å²) < 4.78 is 0. The summed E-state index contributed by atoms with van der Waals surface area (Å²) in [5.74, 6) is 1.15. The van der Waals surface area contributed by atoms with E-state index >= 15 is 0 Å². The number of rotatable bonds is 4. The summed E-state index contributed by atoms with van der Waals surface area (Å²) in [5.41, 5.74) is 11.4. The summed E-state index contributed by atoms with van der Waals surface area (Å²) in [4.78, 5) is 14.1. The van der Waals surface area contributed by atoms with Gasteiger partial charge in [0.25, 0.3) is 0 Å². The van der Waals surface area contributed by atoms with Crippen LogP contribution >= 0.6 is 11.6 Å². The molecule has 0 unspecified atom stereocenters. The molecule has 38 heavy (non-hydrogen) atoms. The molecule has 5 aromatic carbocycles. The number of benzene rings is 5. The number of hydrogen-bond acceptors (Lipinski definition) is 3. The lowest BCUT2D eigenvalue weighted by molar-refractivity contribution is 1.06. The van der Waals surface area contributed by atoms with Crippen LogP contribution in [0.15, 0.2) is 121 Å². The Bertz CT molecular complexity index is 1740.